The second-order valence-corrected chi connectivity index (χ2v) is 3.77. The van der Waals surface area contributed by atoms with Crippen LogP contribution in [0.2, 0.25) is 0 Å². The fourth-order valence-corrected chi connectivity index (χ4v) is 1.57. The number of hydrogen-bond acceptors (Lipinski definition) is 3. The van der Waals surface area contributed by atoms with Crippen LogP contribution in [0.4, 0.5) is 0 Å². The van der Waals surface area contributed by atoms with Gasteiger partial charge >= 0.3 is 5.97 Å². The maximum Gasteiger partial charge on any atom is 0.330 e. The van der Waals surface area contributed by atoms with Crippen LogP contribution in [0.25, 0.3) is 0 Å². The SMILES string of the molecule is CCCCCCSC=CC(=O)OC. The summed E-state index contributed by atoms with van der Waals surface area (Å²) >= 11 is 1.67. The Balaban J connectivity index is 3.15. The summed E-state index contributed by atoms with van der Waals surface area (Å²) in [6.07, 6.45) is 6.55. The molecule has 3 heteroatoms. The number of carbonyl (C=O) groups is 1. The van der Waals surface area contributed by atoms with Crippen molar-refractivity contribution < 1.29 is 9.53 Å². The molecule has 0 aliphatic carbocycles. The summed E-state index contributed by atoms with van der Waals surface area (Å²) in [7, 11) is 1.39. The Hall–Kier alpha value is -0.440. The zero-order valence-electron chi connectivity index (χ0n) is 8.41. The van der Waals surface area contributed by atoms with Crippen molar-refractivity contribution in [3.05, 3.63) is 11.5 Å². The molecule has 0 spiro atoms. The average Bonchev–Trinajstić information content (AvgIpc) is 2.16. The van der Waals surface area contributed by atoms with Gasteiger partial charge in [-0.3, -0.25) is 0 Å². The van der Waals surface area contributed by atoms with Gasteiger partial charge in [-0.05, 0) is 17.6 Å². The summed E-state index contributed by atoms with van der Waals surface area (Å²) in [5.74, 6) is 0.814. The molecule has 0 aliphatic rings. The smallest absolute Gasteiger partial charge is 0.330 e. The summed E-state index contributed by atoms with van der Waals surface area (Å²) in [6, 6.07) is 0. The molecule has 0 fully saturated rings. The first-order chi connectivity index (χ1) is 6.31. The van der Waals surface area contributed by atoms with Gasteiger partial charge in [0, 0.05) is 6.08 Å². The summed E-state index contributed by atoms with van der Waals surface area (Å²) in [5.41, 5.74) is 0. The van der Waals surface area contributed by atoms with E-state index in [1.165, 1.54) is 38.9 Å². The first-order valence-corrected chi connectivity index (χ1v) is 5.72. The Morgan fingerprint density at radius 1 is 1.38 bits per heavy atom. The van der Waals surface area contributed by atoms with Crippen LogP contribution in [-0.2, 0) is 9.53 Å². The third-order valence-electron chi connectivity index (χ3n) is 1.62. The molecule has 76 valence electrons. The number of thioether (sulfide) groups is 1. The lowest BCUT2D eigenvalue weighted by Crippen LogP contribution is -1.92. The van der Waals surface area contributed by atoms with Crippen LogP contribution in [0.1, 0.15) is 32.6 Å². The van der Waals surface area contributed by atoms with E-state index in [0.717, 1.165) is 5.75 Å². The van der Waals surface area contributed by atoms with Crippen LogP contribution in [-0.4, -0.2) is 18.8 Å². The molecule has 0 heterocycles. The molecule has 0 saturated heterocycles. The molecule has 2 nitrogen and oxygen atoms in total. The van der Waals surface area contributed by atoms with Crippen LogP contribution in [0.3, 0.4) is 0 Å². The molecular weight excluding hydrogens is 184 g/mol. The zero-order chi connectivity index (χ0) is 9.94. The molecular formula is C10H18O2S. The van der Waals surface area contributed by atoms with Crippen LogP contribution in [0.15, 0.2) is 11.5 Å². The number of hydrogen-bond donors (Lipinski definition) is 0. The topological polar surface area (TPSA) is 26.3 Å². The minimum Gasteiger partial charge on any atom is -0.466 e. The van der Waals surface area contributed by atoms with Crippen LogP contribution in [0.5, 0.6) is 0 Å². The number of methoxy groups -OCH3 is 1. The van der Waals surface area contributed by atoms with E-state index < -0.39 is 0 Å². The first kappa shape index (κ1) is 12.6. The normalized spacial score (nSPS) is 10.6. The Morgan fingerprint density at radius 2 is 2.15 bits per heavy atom. The monoisotopic (exact) mass is 202 g/mol. The fraction of sp³-hybridized carbons (Fsp3) is 0.700. The van der Waals surface area contributed by atoms with Gasteiger partial charge in [-0.25, -0.2) is 4.79 Å². The highest BCUT2D eigenvalue weighted by Crippen LogP contribution is 2.08. The zero-order valence-corrected chi connectivity index (χ0v) is 9.23. The Bertz CT molecular complexity index is 155. The van der Waals surface area contributed by atoms with Gasteiger partial charge in [0.05, 0.1) is 7.11 Å². The predicted octanol–water partition coefficient (Wildman–Crippen LogP) is 2.99. The minimum absolute atomic E-state index is 0.277. The van der Waals surface area contributed by atoms with Gasteiger partial charge < -0.3 is 4.74 Å². The molecule has 0 aromatic carbocycles. The van der Waals surface area contributed by atoms with Crippen molar-refractivity contribution in [2.45, 2.75) is 32.6 Å². The highest BCUT2D eigenvalue weighted by Gasteiger charge is 1.90. The quantitative estimate of drug-likeness (QED) is 0.360. The summed E-state index contributed by atoms with van der Waals surface area (Å²) in [4.78, 5) is 10.6. The van der Waals surface area contributed by atoms with E-state index in [9.17, 15) is 4.79 Å². The molecule has 0 saturated carbocycles. The van der Waals surface area contributed by atoms with Gasteiger partial charge in [0.2, 0.25) is 0 Å². The van der Waals surface area contributed by atoms with Crippen LogP contribution in [0, 0.1) is 0 Å². The van der Waals surface area contributed by atoms with Crippen molar-refractivity contribution >= 4 is 17.7 Å². The number of ether oxygens (including phenoxy) is 1. The second kappa shape index (κ2) is 9.65. The van der Waals surface area contributed by atoms with Crippen molar-refractivity contribution in [2.75, 3.05) is 12.9 Å². The van der Waals surface area contributed by atoms with Gasteiger partial charge in [0.1, 0.15) is 0 Å². The molecule has 0 aliphatic heterocycles. The predicted molar refractivity (Wildman–Crippen MR) is 57.8 cm³/mol. The number of esters is 1. The van der Waals surface area contributed by atoms with E-state index in [1.807, 2.05) is 0 Å². The number of rotatable bonds is 7. The summed E-state index contributed by atoms with van der Waals surface area (Å²) in [6.45, 7) is 2.20. The van der Waals surface area contributed by atoms with Gasteiger partial charge in [-0.15, -0.1) is 11.8 Å². The van der Waals surface area contributed by atoms with Crippen molar-refractivity contribution in [3.8, 4) is 0 Å². The lowest BCUT2D eigenvalue weighted by atomic mass is 10.2. The van der Waals surface area contributed by atoms with E-state index in [0.29, 0.717) is 0 Å². The maximum absolute atomic E-state index is 10.6. The van der Waals surface area contributed by atoms with E-state index in [1.54, 1.807) is 17.2 Å². The lowest BCUT2D eigenvalue weighted by molar-refractivity contribution is -0.134. The Labute approximate surface area is 84.7 Å². The molecule has 0 bridgehead atoms. The Kier molecular flexibility index (Phi) is 9.32. The third kappa shape index (κ3) is 9.47. The highest BCUT2D eigenvalue weighted by molar-refractivity contribution is 8.02. The number of unbranched alkanes of at least 4 members (excludes halogenated alkanes) is 3. The lowest BCUT2D eigenvalue weighted by Gasteiger charge is -1.95. The van der Waals surface area contributed by atoms with E-state index in [2.05, 4.69) is 11.7 Å². The van der Waals surface area contributed by atoms with E-state index >= 15 is 0 Å². The standard InChI is InChI=1S/C10H18O2S/c1-3-4-5-6-8-13-9-7-10(11)12-2/h7,9H,3-6,8H2,1-2H3. The van der Waals surface area contributed by atoms with Gasteiger partial charge in [-0.2, -0.15) is 0 Å². The molecule has 0 atom stereocenters. The second-order valence-electron chi connectivity index (χ2n) is 2.76. The molecule has 0 radical (unpaired) electrons. The van der Waals surface area contributed by atoms with Gasteiger partial charge in [-0.1, -0.05) is 26.2 Å². The van der Waals surface area contributed by atoms with Gasteiger partial charge in [0.25, 0.3) is 0 Å². The molecule has 0 amide bonds. The third-order valence-corrected chi connectivity index (χ3v) is 2.47. The molecule has 0 rings (SSSR count). The molecule has 0 N–H and O–H groups in total. The van der Waals surface area contributed by atoms with Crippen LogP contribution >= 0.6 is 11.8 Å². The number of carbonyl (C=O) groups excluding carboxylic acids is 1. The van der Waals surface area contributed by atoms with E-state index in [4.69, 9.17) is 0 Å². The molecule has 0 unspecified atom stereocenters. The average molecular weight is 202 g/mol. The fourth-order valence-electron chi connectivity index (χ4n) is 0.852. The van der Waals surface area contributed by atoms with Crippen LogP contribution < -0.4 is 0 Å². The van der Waals surface area contributed by atoms with Gasteiger partial charge in [0.15, 0.2) is 0 Å². The van der Waals surface area contributed by atoms with E-state index in [-0.39, 0.29) is 5.97 Å². The molecule has 0 aromatic rings. The Morgan fingerprint density at radius 3 is 2.77 bits per heavy atom. The molecule has 0 aromatic heterocycles. The van der Waals surface area contributed by atoms with Crippen molar-refractivity contribution in [1.29, 1.82) is 0 Å². The summed E-state index contributed by atoms with van der Waals surface area (Å²) in [5, 5.41) is 1.80. The largest absolute Gasteiger partial charge is 0.466 e. The summed E-state index contributed by atoms with van der Waals surface area (Å²) < 4.78 is 4.46. The minimum atomic E-state index is -0.277. The van der Waals surface area contributed by atoms with Crippen molar-refractivity contribution in [3.63, 3.8) is 0 Å². The molecule has 13 heavy (non-hydrogen) atoms. The first-order valence-electron chi connectivity index (χ1n) is 4.67. The van der Waals surface area contributed by atoms with Crippen molar-refractivity contribution in [1.82, 2.24) is 0 Å². The van der Waals surface area contributed by atoms with Crippen molar-refractivity contribution in [2.24, 2.45) is 0 Å². The maximum atomic E-state index is 10.6. The highest BCUT2D eigenvalue weighted by atomic mass is 32.2.